The lowest BCUT2D eigenvalue weighted by Crippen LogP contribution is -2.23. The number of carbonyl (C=O) groups excluding carboxylic acids is 1. The first kappa shape index (κ1) is 15.9. The van der Waals surface area contributed by atoms with E-state index in [9.17, 15) is 14.9 Å². The lowest BCUT2D eigenvalue weighted by molar-refractivity contribution is -0.384. The van der Waals surface area contributed by atoms with Crippen molar-refractivity contribution in [2.45, 2.75) is 39.7 Å². The maximum atomic E-state index is 11.8. The first-order chi connectivity index (χ1) is 9.53. The van der Waals surface area contributed by atoms with Gasteiger partial charge in [0.05, 0.1) is 4.92 Å². The third-order valence-electron chi connectivity index (χ3n) is 3.14. The molecule has 0 aliphatic heterocycles. The number of hydrogen-bond acceptors (Lipinski definition) is 4. The highest BCUT2D eigenvalue weighted by molar-refractivity contribution is 5.95. The Labute approximate surface area is 118 Å². The Kier molecular flexibility index (Phi) is 5.96. The minimum atomic E-state index is -0.438. The third-order valence-corrected chi connectivity index (χ3v) is 3.14. The lowest BCUT2D eigenvalue weighted by atomic mass is 10.1. The minimum absolute atomic E-state index is 0.00931. The summed E-state index contributed by atoms with van der Waals surface area (Å²) in [6.45, 7) is 6.37. The molecular formula is C14H21N3O3. The van der Waals surface area contributed by atoms with Gasteiger partial charge in [-0.3, -0.25) is 14.9 Å². The Morgan fingerprint density at radius 1 is 1.30 bits per heavy atom. The summed E-state index contributed by atoms with van der Waals surface area (Å²) >= 11 is 0. The molecule has 0 bridgehead atoms. The topological polar surface area (TPSA) is 84.3 Å². The molecule has 0 aromatic heterocycles. The first-order valence-corrected chi connectivity index (χ1v) is 6.86. The quantitative estimate of drug-likeness (QED) is 0.593. The normalized spacial score (nSPS) is 10.4. The number of hydrogen-bond donors (Lipinski definition) is 2. The monoisotopic (exact) mass is 279 g/mol. The number of amides is 1. The van der Waals surface area contributed by atoms with E-state index in [4.69, 9.17) is 0 Å². The van der Waals surface area contributed by atoms with Crippen LogP contribution in [0.1, 0.15) is 44.0 Å². The summed E-state index contributed by atoms with van der Waals surface area (Å²) in [7, 11) is 0. The van der Waals surface area contributed by atoms with Gasteiger partial charge in [-0.15, -0.1) is 0 Å². The largest absolute Gasteiger partial charge is 0.377 e. The van der Waals surface area contributed by atoms with Gasteiger partial charge in [-0.2, -0.15) is 0 Å². The molecule has 2 N–H and O–H groups in total. The summed E-state index contributed by atoms with van der Waals surface area (Å²) in [4.78, 5) is 22.4. The molecule has 110 valence electrons. The molecule has 1 aromatic carbocycles. The minimum Gasteiger partial charge on any atom is -0.377 e. The summed E-state index contributed by atoms with van der Waals surface area (Å²) in [6.07, 6.45) is 1.72. The SMILES string of the molecule is CCNC(=O)c1ccc([N+](=O)[O-])c(NC(CC)CC)c1. The molecule has 0 unspecified atom stereocenters. The van der Waals surface area contributed by atoms with Crippen molar-refractivity contribution >= 4 is 17.3 Å². The van der Waals surface area contributed by atoms with Crippen molar-refractivity contribution in [3.63, 3.8) is 0 Å². The number of nitrogens with zero attached hydrogens (tertiary/aromatic N) is 1. The van der Waals surface area contributed by atoms with Gasteiger partial charge in [0.2, 0.25) is 0 Å². The Bertz CT molecular complexity index is 485. The molecule has 1 aromatic rings. The zero-order valence-electron chi connectivity index (χ0n) is 12.1. The van der Waals surface area contributed by atoms with Gasteiger partial charge >= 0.3 is 0 Å². The van der Waals surface area contributed by atoms with Crippen LogP contribution in [0.15, 0.2) is 18.2 Å². The number of nitro groups is 1. The molecular weight excluding hydrogens is 258 g/mol. The second kappa shape index (κ2) is 7.47. The molecule has 0 heterocycles. The fraction of sp³-hybridized carbons (Fsp3) is 0.500. The molecule has 6 heteroatoms. The maximum Gasteiger partial charge on any atom is 0.292 e. The van der Waals surface area contributed by atoms with Crippen LogP contribution in [0.25, 0.3) is 0 Å². The summed E-state index contributed by atoms with van der Waals surface area (Å²) in [6, 6.07) is 4.54. The second-order valence-corrected chi connectivity index (χ2v) is 4.51. The van der Waals surface area contributed by atoms with Crippen LogP contribution in [0.5, 0.6) is 0 Å². The summed E-state index contributed by atoms with van der Waals surface area (Å²) in [5, 5.41) is 16.9. The molecule has 0 saturated carbocycles. The highest BCUT2D eigenvalue weighted by Gasteiger charge is 2.18. The number of nitrogens with one attached hydrogen (secondary N) is 2. The number of carbonyl (C=O) groups is 1. The molecule has 0 saturated heterocycles. The van der Waals surface area contributed by atoms with E-state index in [1.54, 1.807) is 6.07 Å². The first-order valence-electron chi connectivity index (χ1n) is 6.86. The van der Waals surface area contributed by atoms with E-state index < -0.39 is 4.92 Å². The molecule has 20 heavy (non-hydrogen) atoms. The van der Waals surface area contributed by atoms with Crippen molar-refractivity contribution in [1.82, 2.24) is 5.32 Å². The Balaban J connectivity index is 3.11. The second-order valence-electron chi connectivity index (χ2n) is 4.51. The predicted octanol–water partition coefficient (Wildman–Crippen LogP) is 2.95. The summed E-state index contributed by atoms with van der Waals surface area (Å²) in [5.41, 5.74) is 0.809. The zero-order chi connectivity index (χ0) is 15.1. The van der Waals surface area contributed by atoms with Gasteiger partial charge in [0, 0.05) is 24.2 Å². The highest BCUT2D eigenvalue weighted by Crippen LogP contribution is 2.27. The molecule has 6 nitrogen and oxygen atoms in total. The summed E-state index contributed by atoms with van der Waals surface area (Å²) in [5.74, 6) is -0.227. The van der Waals surface area contributed by atoms with E-state index >= 15 is 0 Å². The van der Waals surface area contributed by atoms with Crippen LogP contribution >= 0.6 is 0 Å². The lowest BCUT2D eigenvalue weighted by Gasteiger charge is -2.16. The molecule has 0 atom stereocenters. The van der Waals surface area contributed by atoms with Crippen LogP contribution in [0.4, 0.5) is 11.4 Å². The van der Waals surface area contributed by atoms with Gasteiger partial charge < -0.3 is 10.6 Å². The standard InChI is InChI=1S/C14H21N3O3/c1-4-11(5-2)16-12-9-10(14(18)15-6-3)7-8-13(12)17(19)20/h7-9,11,16H,4-6H2,1-3H3,(H,15,18). The van der Waals surface area contributed by atoms with E-state index in [1.165, 1.54) is 12.1 Å². The van der Waals surface area contributed by atoms with E-state index in [0.29, 0.717) is 17.8 Å². The third kappa shape index (κ3) is 3.94. The van der Waals surface area contributed by atoms with Crippen molar-refractivity contribution in [2.24, 2.45) is 0 Å². The van der Waals surface area contributed by atoms with E-state index in [2.05, 4.69) is 10.6 Å². The van der Waals surface area contributed by atoms with Gasteiger partial charge in [-0.25, -0.2) is 0 Å². The van der Waals surface area contributed by atoms with Crippen molar-refractivity contribution < 1.29 is 9.72 Å². The van der Waals surface area contributed by atoms with Crippen molar-refractivity contribution in [3.8, 4) is 0 Å². The van der Waals surface area contributed by atoms with E-state index in [1.807, 2.05) is 20.8 Å². The van der Waals surface area contributed by atoms with E-state index in [-0.39, 0.29) is 17.6 Å². The molecule has 0 aliphatic carbocycles. The van der Waals surface area contributed by atoms with Crippen molar-refractivity contribution in [3.05, 3.63) is 33.9 Å². The van der Waals surface area contributed by atoms with Crippen LogP contribution in [0.3, 0.4) is 0 Å². The van der Waals surface area contributed by atoms with Crippen LogP contribution in [0.2, 0.25) is 0 Å². The number of benzene rings is 1. The highest BCUT2D eigenvalue weighted by atomic mass is 16.6. The molecule has 0 aliphatic rings. The predicted molar refractivity (Wildman–Crippen MR) is 79.1 cm³/mol. The fourth-order valence-electron chi connectivity index (χ4n) is 1.93. The average molecular weight is 279 g/mol. The number of rotatable bonds is 7. The average Bonchev–Trinajstić information content (AvgIpc) is 2.44. The van der Waals surface area contributed by atoms with E-state index in [0.717, 1.165) is 12.8 Å². The Morgan fingerprint density at radius 2 is 1.95 bits per heavy atom. The van der Waals surface area contributed by atoms with Crippen molar-refractivity contribution in [1.29, 1.82) is 0 Å². The Hall–Kier alpha value is -2.11. The Morgan fingerprint density at radius 3 is 2.45 bits per heavy atom. The summed E-state index contributed by atoms with van der Waals surface area (Å²) < 4.78 is 0. The van der Waals surface area contributed by atoms with Gasteiger partial charge in [-0.05, 0) is 31.9 Å². The van der Waals surface area contributed by atoms with Gasteiger partial charge in [0.1, 0.15) is 5.69 Å². The fourth-order valence-corrected chi connectivity index (χ4v) is 1.93. The number of anilines is 1. The smallest absolute Gasteiger partial charge is 0.292 e. The molecule has 1 amide bonds. The van der Waals surface area contributed by atoms with Crippen LogP contribution in [-0.4, -0.2) is 23.4 Å². The zero-order valence-corrected chi connectivity index (χ0v) is 12.1. The maximum absolute atomic E-state index is 11.8. The molecule has 0 spiro atoms. The van der Waals surface area contributed by atoms with Gasteiger partial charge in [0.15, 0.2) is 0 Å². The molecule has 1 rings (SSSR count). The van der Waals surface area contributed by atoms with Crippen LogP contribution in [0, 0.1) is 10.1 Å². The van der Waals surface area contributed by atoms with Gasteiger partial charge in [-0.1, -0.05) is 13.8 Å². The number of nitro benzene ring substituents is 1. The van der Waals surface area contributed by atoms with Crippen LogP contribution in [-0.2, 0) is 0 Å². The van der Waals surface area contributed by atoms with Crippen molar-refractivity contribution in [2.75, 3.05) is 11.9 Å². The molecule has 0 radical (unpaired) electrons. The van der Waals surface area contributed by atoms with Gasteiger partial charge in [0.25, 0.3) is 11.6 Å². The molecule has 0 fully saturated rings. The van der Waals surface area contributed by atoms with Crippen LogP contribution < -0.4 is 10.6 Å².